The van der Waals surface area contributed by atoms with Gasteiger partial charge in [-0.15, -0.1) is 0 Å². The van der Waals surface area contributed by atoms with Crippen molar-refractivity contribution in [3.63, 3.8) is 0 Å². The summed E-state index contributed by atoms with van der Waals surface area (Å²) in [5.74, 6) is 0. The summed E-state index contributed by atoms with van der Waals surface area (Å²) in [4.78, 5) is 4.30. The molecule has 5 heteroatoms. The number of aliphatic hydroxyl groups excluding tert-OH is 1. The number of pyridine rings is 1. The van der Waals surface area contributed by atoms with Gasteiger partial charge in [-0.05, 0) is 6.07 Å². The Morgan fingerprint density at radius 3 is 3.06 bits per heavy atom. The first-order chi connectivity index (χ1) is 8.27. The van der Waals surface area contributed by atoms with Crippen molar-refractivity contribution in [2.45, 2.75) is 12.7 Å². The van der Waals surface area contributed by atoms with Crippen LogP contribution in [0, 0.1) is 0 Å². The Bertz CT molecular complexity index is 587. The van der Waals surface area contributed by atoms with E-state index in [1.165, 1.54) is 0 Å². The van der Waals surface area contributed by atoms with Gasteiger partial charge < -0.3 is 10.2 Å². The fourth-order valence-electron chi connectivity index (χ4n) is 2.06. The first-order valence-corrected chi connectivity index (χ1v) is 5.32. The van der Waals surface area contributed by atoms with Gasteiger partial charge >= 0.3 is 0 Å². The van der Waals surface area contributed by atoms with Crippen LogP contribution in [-0.4, -0.2) is 25.4 Å². The second-order valence-corrected chi connectivity index (χ2v) is 3.88. The number of aromatic nitrogens is 3. The van der Waals surface area contributed by atoms with Crippen LogP contribution in [0.2, 0.25) is 0 Å². The SMILES string of the molecule is OC(O)c1n[nH]c2c1-c1ncccc1C=CC2. The number of nitrogens with zero attached hydrogens (tertiary/aromatic N) is 2. The Balaban J connectivity index is 2.30. The maximum absolute atomic E-state index is 9.31. The van der Waals surface area contributed by atoms with E-state index in [0.29, 0.717) is 12.0 Å². The molecule has 0 fully saturated rings. The molecule has 0 amide bonds. The van der Waals surface area contributed by atoms with E-state index in [1.807, 2.05) is 24.3 Å². The van der Waals surface area contributed by atoms with Crippen molar-refractivity contribution < 1.29 is 10.2 Å². The lowest BCUT2D eigenvalue weighted by Gasteiger charge is -2.06. The van der Waals surface area contributed by atoms with Crippen LogP contribution in [-0.2, 0) is 6.42 Å². The van der Waals surface area contributed by atoms with Crippen molar-refractivity contribution in [3.05, 3.63) is 41.4 Å². The monoisotopic (exact) mass is 229 g/mol. The molecule has 0 bridgehead atoms. The molecule has 0 saturated carbocycles. The number of hydrogen-bond acceptors (Lipinski definition) is 4. The number of H-pyrrole nitrogens is 1. The molecule has 5 nitrogen and oxygen atoms in total. The average Bonchev–Trinajstić information content (AvgIpc) is 2.66. The van der Waals surface area contributed by atoms with E-state index in [2.05, 4.69) is 15.2 Å². The van der Waals surface area contributed by atoms with Crippen molar-refractivity contribution in [2.75, 3.05) is 0 Å². The number of rotatable bonds is 1. The van der Waals surface area contributed by atoms with Crippen LogP contribution in [0.5, 0.6) is 0 Å². The third-order valence-electron chi connectivity index (χ3n) is 2.81. The van der Waals surface area contributed by atoms with Crippen LogP contribution < -0.4 is 0 Å². The van der Waals surface area contributed by atoms with Crippen LogP contribution in [0.3, 0.4) is 0 Å². The standard InChI is InChI=1S/C12H11N3O2/c16-12(17)11-9-8(14-15-11)5-1-3-7-4-2-6-13-10(7)9/h1-4,6,12,16-17H,5H2,(H,14,15). The van der Waals surface area contributed by atoms with E-state index in [9.17, 15) is 10.2 Å². The topological polar surface area (TPSA) is 82.0 Å². The molecule has 0 spiro atoms. The normalized spacial score (nSPS) is 13.4. The van der Waals surface area contributed by atoms with Crippen LogP contribution >= 0.6 is 0 Å². The molecule has 1 aliphatic rings. The molecule has 3 rings (SSSR count). The van der Waals surface area contributed by atoms with Gasteiger partial charge in [0, 0.05) is 23.9 Å². The van der Waals surface area contributed by atoms with Crippen molar-refractivity contribution in [1.82, 2.24) is 15.2 Å². The highest BCUT2D eigenvalue weighted by Crippen LogP contribution is 2.33. The summed E-state index contributed by atoms with van der Waals surface area (Å²) >= 11 is 0. The van der Waals surface area contributed by atoms with E-state index < -0.39 is 6.29 Å². The van der Waals surface area contributed by atoms with Gasteiger partial charge in [0.15, 0.2) is 6.29 Å². The Kier molecular flexibility index (Phi) is 2.28. The minimum absolute atomic E-state index is 0.226. The second-order valence-electron chi connectivity index (χ2n) is 3.88. The lowest BCUT2D eigenvalue weighted by Crippen LogP contribution is -1.99. The summed E-state index contributed by atoms with van der Waals surface area (Å²) < 4.78 is 0. The minimum Gasteiger partial charge on any atom is -0.363 e. The van der Waals surface area contributed by atoms with E-state index in [-0.39, 0.29) is 5.69 Å². The van der Waals surface area contributed by atoms with Crippen LogP contribution in [0.25, 0.3) is 17.3 Å². The largest absolute Gasteiger partial charge is 0.363 e. The molecule has 3 N–H and O–H groups in total. The zero-order chi connectivity index (χ0) is 11.8. The first-order valence-electron chi connectivity index (χ1n) is 5.32. The lowest BCUT2D eigenvalue weighted by atomic mass is 10.0. The van der Waals surface area contributed by atoms with Crippen molar-refractivity contribution in [1.29, 1.82) is 0 Å². The number of allylic oxidation sites excluding steroid dienone is 1. The molecule has 0 atom stereocenters. The third-order valence-corrected chi connectivity index (χ3v) is 2.81. The zero-order valence-electron chi connectivity index (χ0n) is 8.96. The Morgan fingerprint density at radius 2 is 2.24 bits per heavy atom. The molecule has 86 valence electrons. The molecule has 0 saturated heterocycles. The maximum atomic E-state index is 9.31. The molecule has 17 heavy (non-hydrogen) atoms. The zero-order valence-corrected chi connectivity index (χ0v) is 8.96. The van der Waals surface area contributed by atoms with Gasteiger partial charge in [-0.1, -0.05) is 18.2 Å². The Morgan fingerprint density at radius 1 is 1.35 bits per heavy atom. The number of nitrogens with one attached hydrogen (secondary N) is 1. The van der Waals surface area contributed by atoms with Crippen LogP contribution in [0.4, 0.5) is 0 Å². The molecule has 2 aromatic rings. The molecular weight excluding hydrogens is 218 g/mol. The second kappa shape index (κ2) is 3.80. The van der Waals surface area contributed by atoms with Crippen molar-refractivity contribution >= 4 is 6.08 Å². The van der Waals surface area contributed by atoms with E-state index in [4.69, 9.17) is 0 Å². The Labute approximate surface area is 97.5 Å². The number of hydrogen-bond donors (Lipinski definition) is 3. The van der Waals surface area contributed by atoms with E-state index >= 15 is 0 Å². The van der Waals surface area contributed by atoms with Gasteiger partial charge in [0.25, 0.3) is 0 Å². The fraction of sp³-hybridized carbons (Fsp3) is 0.167. The smallest absolute Gasteiger partial charge is 0.198 e. The van der Waals surface area contributed by atoms with Crippen molar-refractivity contribution in [3.8, 4) is 11.3 Å². The number of aromatic amines is 1. The minimum atomic E-state index is -1.59. The highest BCUT2D eigenvalue weighted by atomic mass is 16.5. The first kappa shape index (κ1) is 10.2. The molecule has 0 unspecified atom stereocenters. The predicted molar refractivity (Wildman–Crippen MR) is 61.7 cm³/mol. The molecule has 0 aliphatic heterocycles. The van der Waals surface area contributed by atoms with Gasteiger partial charge in [0.05, 0.1) is 11.3 Å². The third kappa shape index (κ3) is 1.56. The predicted octanol–water partition coefficient (Wildman–Crippen LogP) is 1.02. The van der Waals surface area contributed by atoms with Gasteiger partial charge in [-0.25, -0.2) is 0 Å². The van der Waals surface area contributed by atoms with E-state index in [0.717, 1.165) is 17.0 Å². The molecule has 2 heterocycles. The van der Waals surface area contributed by atoms with Gasteiger partial charge in [0.2, 0.25) is 0 Å². The summed E-state index contributed by atoms with van der Waals surface area (Å²) in [6.45, 7) is 0. The van der Waals surface area contributed by atoms with E-state index in [1.54, 1.807) is 6.20 Å². The summed E-state index contributed by atoms with van der Waals surface area (Å²) in [6.07, 6.45) is 4.73. The Hall–Kier alpha value is -1.98. The lowest BCUT2D eigenvalue weighted by molar-refractivity contribution is -0.0454. The summed E-state index contributed by atoms with van der Waals surface area (Å²) in [6, 6.07) is 3.79. The molecule has 1 aliphatic carbocycles. The van der Waals surface area contributed by atoms with Gasteiger partial charge in [-0.3, -0.25) is 10.1 Å². The molecular formula is C12H11N3O2. The maximum Gasteiger partial charge on any atom is 0.198 e. The summed E-state index contributed by atoms with van der Waals surface area (Å²) in [7, 11) is 0. The quantitative estimate of drug-likeness (QED) is 0.638. The summed E-state index contributed by atoms with van der Waals surface area (Å²) in [5, 5.41) is 25.4. The summed E-state index contributed by atoms with van der Waals surface area (Å²) in [5.41, 5.74) is 3.45. The number of aliphatic hydroxyl groups is 2. The highest BCUT2D eigenvalue weighted by Gasteiger charge is 2.22. The highest BCUT2D eigenvalue weighted by molar-refractivity contribution is 5.77. The fourth-order valence-corrected chi connectivity index (χ4v) is 2.06. The molecule has 0 aromatic carbocycles. The average molecular weight is 229 g/mol. The van der Waals surface area contributed by atoms with Crippen molar-refractivity contribution in [2.24, 2.45) is 0 Å². The molecule has 0 radical (unpaired) electrons. The van der Waals surface area contributed by atoms with Crippen LogP contribution in [0.15, 0.2) is 24.4 Å². The number of fused-ring (bicyclic) bond motifs is 3. The van der Waals surface area contributed by atoms with Crippen LogP contribution in [0.1, 0.15) is 23.2 Å². The van der Waals surface area contributed by atoms with Gasteiger partial charge in [-0.2, -0.15) is 5.10 Å². The van der Waals surface area contributed by atoms with Gasteiger partial charge in [0.1, 0.15) is 5.69 Å². The molecule has 2 aromatic heterocycles.